The summed E-state index contributed by atoms with van der Waals surface area (Å²) in [6, 6.07) is 4.19. The lowest BCUT2D eigenvalue weighted by molar-refractivity contribution is -0.117. The van der Waals surface area contributed by atoms with Crippen molar-refractivity contribution in [3.8, 4) is 17.3 Å². The van der Waals surface area contributed by atoms with E-state index in [2.05, 4.69) is 9.97 Å². The molecule has 0 spiro atoms. The molecule has 1 unspecified atom stereocenters. The smallest absolute Gasteiger partial charge is 0.217 e. The van der Waals surface area contributed by atoms with E-state index in [1.165, 1.54) is 19.1 Å². The van der Waals surface area contributed by atoms with E-state index in [1.807, 2.05) is 13.8 Å². The number of benzene rings is 1. The molecule has 1 aromatic heterocycles. The van der Waals surface area contributed by atoms with Crippen LogP contribution in [0.1, 0.15) is 39.3 Å². The highest BCUT2D eigenvalue weighted by Crippen LogP contribution is 2.33. The maximum absolute atomic E-state index is 14.8. The molecule has 1 aliphatic heterocycles. The molecule has 0 amide bonds. The number of anilines is 1. The third-order valence-electron chi connectivity index (χ3n) is 4.64. The third kappa shape index (κ3) is 4.64. The van der Waals surface area contributed by atoms with Crippen LogP contribution in [-0.4, -0.2) is 34.9 Å². The molecule has 0 N–H and O–H groups in total. The number of carbonyl (C=O) groups excluding carboxylic acids is 1. The van der Waals surface area contributed by atoms with Gasteiger partial charge in [-0.2, -0.15) is 4.98 Å². The number of rotatable bonds is 6. The Morgan fingerprint density at radius 3 is 2.54 bits per heavy atom. The molecule has 1 atom stereocenters. The van der Waals surface area contributed by atoms with Gasteiger partial charge in [-0.15, -0.1) is 0 Å². The Bertz CT molecular complexity index is 863. The largest absolute Gasteiger partial charge is 0.475 e. The summed E-state index contributed by atoms with van der Waals surface area (Å²) in [5.74, 6) is -0.499. The van der Waals surface area contributed by atoms with Crippen molar-refractivity contribution in [3.63, 3.8) is 0 Å². The number of hydrogen-bond acceptors (Lipinski definition) is 5. The van der Waals surface area contributed by atoms with Crippen LogP contribution in [0.2, 0.25) is 0 Å². The Balaban J connectivity index is 1.89. The van der Waals surface area contributed by atoms with E-state index in [4.69, 9.17) is 4.74 Å². The van der Waals surface area contributed by atoms with E-state index in [0.29, 0.717) is 31.1 Å². The molecule has 0 aliphatic carbocycles. The molecule has 1 fully saturated rings. The van der Waals surface area contributed by atoms with Crippen molar-refractivity contribution in [2.45, 2.75) is 46.6 Å². The van der Waals surface area contributed by atoms with Crippen molar-refractivity contribution in [2.24, 2.45) is 5.92 Å². The predicted molar refractivity (Wildman–Crippen MR) is 104 cm³/mol. The molecule has 0 bridgehead atoms. The highest BCUT2D eigenvalue weighted by atomic mass is 19.1. The summed E-state index contributed by atoms with van der Waals surface area (Å²) in [7, 11) is 0. The van der Waals surface area contributed by atoms with Crippen LogP contribution in [0.3, 0.4) is 0 Å². The Morgan fingerprint density at radius 2 is 1.93 bits per heavy atom. The average Bonchev–Trinajstić information content (AvgIpc) is 3.00. The monoisotopic (exact) mass is 389 g/mol. The lowest BCUT2D eigenvalue weighted by atomic mass is 10.0. The van der Waals surface area contributed by atoms with Crippen LogP contribution in [0.25, 0.3) is 11.4 Å². The molecule has 7 heteroatoms. The second-order valence-corrected chi connectivity index (χ2v) is 7.63. The number of ether oxygens (including phenoxy) is 1. The molecular weight excluding hydrogens is 364 g/mol. The molecular formula is C21H25F2N3O2. The first kappa shape index (κ1) is 20.2. The molecule has 28 heavy (non-hydrogen) atoms. The van der Waals surface area contributed by atoms with E-state index in [-0.39, 0.29) is 34.9 Å². The van der Waals surface area contributed by atoms with Crippen LogP contribution in [0.4, 0.5) is 14.5 Å². The van der Waals surface area contributed by atoms with Gasteiger partial charge in [0.2, 0.25) is 5.88 Å². The van der Waals surface area contributed by atoms with Gasteiger partial charge in [0.1, 0.15) is 23.1 Å². The van der Waals surface area contributed by atoms with Crippen molar-refractivity contribution in [1.29, 1.82) is 0 Å². The Hall–Kier alpha value is -2.57. The number of ketones is 1. The first-order chi connectivity index (χ1) is 13.2. The van der Waals surface area contributed by atoms with Crippen LogP contribution in [0, 0.1) is 24.5 Å². The first-order valence-electron chi connectivity index (χ1n) is 9.49. The molecule has 1 aromatic carbocycles. The highest BCUT2D eigenvalue weighted by Gasteiger charge is 2.28. The van der Waals surface area contributed by atoms with Gasteiger partial charge in [0.15, 0.2) is 5.82 Å². The highest BCUT2D eigenvalue weighted by molar-refractivity contribution is 5.76. The lowest BCUT2D eigenvalue weighted by Crippen LogP contribution is -2.22. The Morgan fingerprint density at radius 1 is 1.25 bits per heavy atom. The van der Waals surface area contributed by atoms with E-state index < -0.39 is 11.6 Å². The number of nitrogens with zero attached hydrogens (tertiary/aromatic N) is 3. The second kappa shape index (κ2) is 8.20. The summed E-state index contributed by atoms with van der Waals surface area (Å²) < 4.78 is 35.2. The molecule has 3 rings (SSSR count). The van der Waals surface area contributed by atoms with Crippen LogP contribution in [-0.2, 0) is 4.79 Å². The third-order valence-corrected chi connectivity index (χ3v) is 4.64. The molecule has 1 saturated heterocycles. The van der Waals surface area contributed by atoms with Gasteiger partial charge < -0.3 is 14.4 Å². The minimum atomic E-state index is -0.657. The number of aryl methyl sites for hydroxylation is 1. The summed E-state index contributed by atoms with van der Waals surface area (Å²) in [6.07, 6.45) is 1.11. The zero-order valence-corrected chi connectivity index (χ0v) is 16.6. The number of hydrogen-bond donors (Lipinski definition) is 0. The maximum Gasteiger partial charge on any atom is 0.217 e. The maximum atomic E-state index is 14.8. The van der Waals surface area contributed by atoms with Gasteiger partial charge in [0.05, 0.1) is 6.10 Å². The molecule has 150 valence electrons. The number of aromatic nitrogens is 2. The Kier molecular flexibility index (Phi) is 5.91. The minimum Gasteiger partial charge on any atom is -0.475 e. The van der Waals surface area contributed by atoms with Crippen molar-refractivity contribution in [2.75, 3.05) is 18.0 Å². The normalized spacial score (nSPS) is 16.7. The van der Waals surface area contributed by atoms with E-state index in [9.17, 15) is 13.6 Å². The molecule has 0 radical (unpaired) electrons. The van der Waals surface area contributed by atoms with Gasteiger partial charge in [-0.3, -0.25) is 0 Å². The van der Waals surface area contributed by atoms with Gasteiger partial charge >= 0.3 is 0 Å². The van der Waals surface area contributed by atoms with Gasteiger partial charge in [0.25, 0.3) is 0 Å². The van der Waals surface area contributed by atoms with E-state index in [0.717, 1.165) is 6.42 Å². The number of halogens is 2. The van der Waals surface area contributed by atoms with Crippen molar-refractivity contribution < 1.29 is 18.3 Å². The fraction of sp³-hybridized carbons (Fsp3) is 0.476. The van der Waals surface area contributed by atoms with E-state index >= 15 is 0 Å². The Labute approximate surface area is 163 Å². The van der Waals surface area contributed by atoms with Crippen LogP contribution < -0.4 is 9.64 Å². The SMILES string of the molecule is CC(=O)CC1CCN(c2c(F)cc(-c3nc(C)cc(OC(C)C)n3)cc2F)C1. The van der Waals surface area contributed by atoms with Crippen LogP contribution in [0.5, 0.6) is 5.88 Å². The fourth-order valence-corrected chi connectivity index (χ4v) is 3.58. The first-order valence-corrected chi connectivity index (χ1v) is 9.49. The van der Waals surface area contributed by atoms with Gasteiger partial charge in [-0.25, -0.2) is 13.8 Å². The standard InChI is InChI=1S/C21H25F2N3O2/c1-12(2)28-19-7-13(3)24-21(25-19)16-9-17(22)20(18(23)10-16)26-6-5-15(11-26)8-14(4)27/h7,9-10,12,15H,5-6,8,11H2,1-4H3. The van der Waals surface area contributed by atoms with Crippen molar-refractivity contribution in [1.82, 2.24) is 9.97 Å². The summed E-state index contributed by atoms with van der Waals surface area (Å²) in [5.41, 5.74) is 0.855. The molecule has 1 aliphatic rings. The minimum absolute atomic E-state index is 0.0545. The van der Waals surface area contributed by atoms with Crippen molar-refractivity contribution in [3.05, 3.63) is 35.5 Å². The molecule has 5 nitrogen and oxygen atoms in total. The number of Topliss-reactive ketones (excluding diaryl/α,β-unsaturated/α-hetero) is 1. The van der Waals surface area contributed by atoms with Gasteiger partial charge in [-0.1, -0.05) is 0 Å². The quantitative estimate of drug-likeness (QED) is 0.736. The van der Waals surface area contributed by atoms with Crippen LogP contribution >= 0.6 is 0 Å². The summed E-state index contributed by atoms with van der Waals surface area (Å²) >= 11 is 0. The van der Waals surface area contributed by atoms with Crippen LogP contribution in [0.15, 0.2) is 18.2 Å². The van der Waals surface area contributed by atoms with Crippen molar-refractivity contribution >= 4 is 11.5 Å². The predicted octanol–water partition coefficient (Wildman–Crippen LogP) is 4.32. The summed E-state index contributed by atoms with van der Waals surface area (Å²) in [4.78, 5) is 21.6. The van der Waals surface area contributed by atoms with Gasteiger partial charge in [-0.05, 0) is 52.2 Å². The topological polar surface area (TPSA) is 55.3 Å². The summed E-state index contributed by atoms with van der Waals surface area (Å²) in [5, 5.41) is 0. The van der Waals surface area contributed by atoms with E-state index in [1.54, 1.807) is 17.9 Å². The van der Waals surface area contributed by atoms with Gasteiger partial charge in [0, 0.05) is 36.8 Å². The second-order valence-electron chi connectivity index (χ2n) is 7.63. The fourth-order valence-electron chi connectivity index (χ4n) is 3.58. The molecule has 0 saturated carbocycles. The average molecular weight is 389 g/mol. The summed E-state index contributed by atoms with van der Waals surface area (Å²) in [6.45, 7) is 8.07. The number of carbonyl (C=O) groups is 1. The lowest BCUT2D eigenvalue weighted by Gasteiger charge is -2.20. The molecule has 2 heterocycles. The zero-order valence-electron chi connectivity index (χ0n) is 16.6. The molecule has 2 aromatic rings. The zero-order chi connectivity index (χ0) is 20.4.